The predicted molar refractivity (Wildman–Crippen MR) is 106 cm³/mol. The van der Waals surface area contributed by atoms with Crippen LogP contribution in [-0.4, -0.2) is 0 Å². The van der Waals surface area contributed by atoms with Gasteiger partial charge in [0.25, 0.3) is 0 Å². The quantitative estimate of drug-likeness (QED) is 0.176. The van der Waals surface area contributed by atoms with Crippen LogP contribution in [0.1, 0.15) is 11.1 Å². The smallest absolute Gasteiger partial charge is 0.166 e. The lowest BCUT2D eigenvalue weighted by molar-refractivity contribution is -0.137. The first kappa shape index (κ1) is 18.7. The fraction of sp³-hybridized carbons (Fsp3) is 0.0833. The van der Waals surface area contributed by atoms with Gasteiger partial charge in [0, 0.05) is 0 Å². The van der Waals surface area contributed by atoms with Crippen LogP contribution in [0.4, 0.5) is 26.3 Å². The summed E-state index contributed by atoms with van der Waals surface area (Å²) in [7, 11) is 0. The minimum atomic E-state index is -4.83. The van der Waals surface area contributed by atoms with Gasteiger partial charge in [0.1, 0.15) is 0 Å². The molecule has 150 valence electrons. The molecule has 5 rings (SSSR count). The van der Waals surface area contributed by atoms with Crippen LogP contribution in [0.5, 0.6) is 0 Å². The molecule has 0 radical (unpaired) electrons. The lowest BCUT2D eigenvalue weighted by Gasteiger charge is -2.21. The molecule has 0 unspecified atom stereocenters. The molecule has 0 spiro atoms. The van der Waals surface area contributed by atoms with E-state index in [9.17, 15) is 26.3 Å². The molecule has 6 heteroatoms. The highest BCUT2D eigenvalue weighted by molar-refractivity contribution is 6.13. The molecule has 0 fully saturated rings. The average molecular weight is 414 g/mol. The largest absolute Gasteiger partial charge is 0.417 e. The van der Waals surface area contributed by atoms with Crippen molar-refractivity contribution in [3.05, 3.63) is 83.9 Å². The van der Waals surface area contributed by atoms with E-state index in [4.69, 9.17) is 0 Å². The van der Waals surface area contributed by atoms with Crippen LogP contribution in [-0.2, 0) is 12.4 Å². The molecule has 0 heterocycles. The van der Waals surface area contributed by atoms with Gasteiger partial charge >= 0.3 is 12.4 Å². The highest BCUT2D eigenvalue weighted by Crippen LogP contribution is 2.48. The zero-order valence-corrected chi connectivity index (χ0v) is 15.2. The van der Waals surface area contributed by atoms with Crippen LogP contribution in [0.3, 0.4) is 0 Å². The topological polar surface area (TPSA) is 0 Å². The lowest BCUT2D eigenvalue weighted by atomic mass is 9.88. The predicted octanol–water partition coefficient (Wildman–Crippen LogP) is 8.34. The Bertz CT molecular complexity index is 1250. The molecule has 0 aliphatic rings. The molecule has 0 saturated carbocycles. The molecule has 0 nitrogen and oxygen atoms in total. The molecule has 0 atom stereocenters. The van der Waals surface area contributed by atoms with Crippen molar-refractivity contribution >= 4 is 43.1 Å². The molecule has 0 bridgehead atoms. The third kappa shape index (κ3) is 2.78. The second-order valence-electron chi connectivity index (χ2n) is 7.24. The molecule has 5 aromatic rings. The standard InChI is InChI=1S/C24H12F6/c25-23(26,27)21-17-9-13-5-1-2-6-14(13)10-18(17)22(24(28,29)30)20-12-16-8-4-3-7-15(16)11-19(20)21/h1-12H. The lowest BCUT2D eigenvalue weighted by Crippen LogP contribution is -2.13. The Balaban J connectivity index is 2.14. The number of rotatable bonds is 0. The summed E-state index contributed by atoms with van der Waals surface area (Å²) in [6.45, 7) is 0. The third-order valence-electron chi connectivity index (χ3n) is 5.42. The summed E-state index contributed by atoms with van der Waals surface area (Å²) in [4.78, 5) is 0. The molecule has 0 aliphatic heterocycles. The van der Waals surface area contributed by atoms with E-state index in [0.717, 1.165) is 0 Å². The minimum Gasteiger partial charge on any atom is -0.166 e. The Hall–Kier alpha value is -3.28. The summed E-state index contributed by atoms with van der Waals surface area (Å²) in [6.07, 6.45) is -9.66. The van der Waals surface area contributed by atoms with Gasteiger partial charge < -0.3 is 0 Å². The van der Waals surface area contributed by atoms with E-state index in [2.05, 4.69) is 0 Å². The summed E-state index contributed by atoms with van der Waals surface area (Å²) < 4.78 is 85.2. The summed E-state index contributed by atoms with van der Waals surface area (Å²) in [5, 5.41) is 0.000258. The van der Waals surface area contributed by atoms with Crippen molar-refractivity contribution in [1.29, 1.82) is 0 Å². The summed E-state index contributed by atoms with van der Waals surface area (Å²) in [6, 6.07) is 17.7. The monoisotopic (exact) mass is 414 g/mol. The average Bonchev–Trinajstić information content (AvgIpc) is 2.67. The summed E-state index contributed by atoms with van der Waals surface area (Å²) >= 11 is 0. The van der Waals surface area contributed by atoms with Crippen LogP contribution in [0.15, 0.2) is 72.8 Å². The molecular weight excluding hydrogens is 402 g/mol. The fourth-order valence-electron chi connectivity index (χ4n) is 4.21. The maximum atomic E-state index is 14.2. The summed E-state index contributed by atoms with van der Waals surface area (Å²) in [5.41, 5.74) is -2.09. The molecule has 0 saturated heterocycles. The Morgan fingerprint density at radius 2 is 0.633 bits per heavy atom. The minimum absolute atomic E-state index is 0.448. The number of fused-ring (bicyclic) bond motifs is 4. The van der Waals surface area contributed by atoms with Gasteiger partial charge in [0.15, 0.2) is 0 Å². The van der Waals surface area contributed by atoms with Crippen LogP contribution in [0.25, 0.3) is 43.1 Å². The van der Waals surface area contributed by atoms with E-state index in [-0.39, 0.29) is 0 Å². The van der Waals surface area contributed by atoms with Crippen molar-refractivity contribution < 1.29 is 26.3 Å². The van der Waals surface area contributed by atoms with Crippen LogP contribution < -0.4 is 0 Å². The number of hydrogen-bond donors (Lipinski definition) is 0. The van der Waals surface area contributed by atoms with Gasteiger partial charge in [-0.25, -0.2) is 0 Å². The van der Waals surface area contributed by atoms with E-state index in [1.807, 2.05) is 0 Å². The number of benzene rings is 5. The SMILES string of the molecule is FC(F)(F)c1c2cc3ccccc3cc2c(C(F)(F)F)c2cc3ccccc3cc12. The zero-order chi connectivity index (χ0) is 21.3. The second-order valence-corrected chi connectivity index (χ2v) is 7.24. The first-order valence-electron chi connectivity index (χ1n) is 9.10. The van der Waals surface area contributed by atoms with Gasteiger partial charge in [-0.2, -0.15) is 26.3 Å². The van der Waals surface area contributed by atoms with E-state index < -0.39 is 45.0 Å². The fourth-order valence-corrected chi connectivity index (χ4v) is 4.21. The van der Waals surface area contributed by atoms with Crippen molar-refractivity contribution in [3.63, 3.8) is 0 Å². The summed E-state index contributed by atoms with van der Waals surface area (Å²) in [5.74, 6) is 0. The van der Waals surface area contributed by atoms with Crippen LogP contribution >= 0.6 is 0 Å². The molecule has 0 N–H and O–H groups in total. The Labute approximate surface area is 166 Å². The first-order valence-corrected chi connectivity index (χ1v) is 9.10. The van der Waals surface area contributed by atoms with Crippen LogP contribution in [0, 0.1) is 0 Å². The van der Waals surface area contributed by atoms with E-state index >= 15 is 0 Å². The highest BCUT2D eigenvalue weighted by atomic mass is 19.4. The van der Waals surface area contributed by atoms with Crippen LogP contribution in [0.2, 0.25) is 0 Å². The van der Waals surface area contributed by atoms with Crippen molar-refractivity contribution in [3.8, 4) is 0 Å². The normalized spacial score (nSPS) is 13.0. The third-order valence-corrected chi connectivity index (χ3v) is 5.42. The molecule has 5 aromatic carbocycles. The van der Waals surface area contributed by atoms with E-state index in [1.54, 1.807) is 48.5 Å². The maximum Gasteiger partial charge on any atom is 0.417 e. The second kappa shape index (κ2) is 6.11. The number of alkyl halides is 6. The number of hydrogen-bond acceptors (Lipinski definition) is 0. The van der Waals surface area contributed by atoms with E-state index in [1.165, 1.54) is 24.3 Å². The Morgan fingerprint density at radius 1 is 0.400 bits per heavy atom. The van der Waals surface area contributed by atoms with Gasteiger partial charge in [-0.1, -0.05) is 48.5 Å². The van der Waals surface area contributed by atoms with Crippen molar-refractivity contribution in [2.75, 3.05) is 0 Å². The molecule has 0 aromatic heterocycles. The molecule has 0 aliphatic carbocycles. The van der Waals surface area contributed by atoms with Gasteiger partial charge in [0.05, 0.1) is 11.1 Å². The Morgan fingerprint density at radius 3 is 0.833 bits per heavy atom. The van der Waals surface area contributed by atoms with Crippen molar-refractivity contribution in [1.82, 2.24) is 0 Å². The van der Waals surface area contributed by atoms with Gasteiger partial charge in [-0.15, -0.1) is 0 Å². The van der Waals surface area contributed by atoms with E-state index in [0.29, 0.717) is 21.5 Å². The maximum absolute atomic E-state index is 14.2. The molecular formula is C24H12F6. The van der Waals surface area contributed by atoms with Crippen molar-refractivity contribution in [2.24, 2.45) is 0 Å². The number of halogens is 6. The first-order chi connectivity index (χ1) is 14.1. The Kier molecular flexibility index (Phi) is 3.81. The highest BCUT2D eigenvalue weighted by Gasteiger charge is 2.41. The van der Waals surface area contributed by atoms with Gasteiger partial charge in [-0.3, -0.25) is 0 Å². The van der Waals surface area contributed by atoms with Crippen molar-refractivity contribution in [2.45, 2.75) is 12.4 Å². The molecule has 0 amide bonds. The van der Waals surface area contributed by atoms with Gasteiger partial charge in [0.2, 0.25) is 0 Å². The van der Waals surface area contributed by atoms with Gasteiger partial charge in [-0.05, 0) is 67.4 Å². The zero-order valence-electron chi connectivity index (χ0n) is 15.2. The molecule has 30 heavy (non-hydrogen) atoms.